The van der Waals surface area contributed by atoms with Crippen molar-refractivity contribution < 1.29 is 18.3 Å². The van der Waals surface area contributed by atoms with Gasteiger partial charge in [0.2, 0.25) is 10.0 Å². The second kappa shape index (κ2) is 6.17. The summed E-state index contributed by atoms with van der Waals surface area (Å²) in [6.07, 6.45) is 1.08. The molecule has 0 atom stereocenters. The fourth-order valence-electron chi connectivity index (χ4n) is 1.08. The molecule has 5 nitrogen and oxygen atoms in total. The van der Waals surface area contributed by atoms with Crippen molar-refractivity contribution in [1.82, 2.24) is 4.72 Å². The van der Waals surface area contributed by atoms with E-state index in [9.17, 15) is 18.3 Å². The molecule has 1 aromatic carbocycles. The zero-order valence-electron chi connectivity index (χ0n) is 9.00. The molecule has 1 aromatic rings. The molecule has 0 fully saturated rings. The summed E-state index contributed by atoms with van der Waals surface area (Å²) in [6.45, 7) is -0.177. The summed E-state index contributed by atoms with van der Waals surface area (Å²) in [4.78, 5) is 10.1. The first-order chi connectivity index (χ1) is 7.99. The molecule has 17 heavy (non-hydrogen) atoms. The molecule has 0 bridgehead atoms. The molecule has 0 aliphatic rings. The van der Waals surface area contributed by atoms with Gasteiger partial charge in [-0.2, -0.15) is 0 Å². The van der Waals surface area contributed by atoms with E-state index in [2.05, 4.69) is 4.72 Å². The fraction of sp³-hybridized carbons (Fsp3) is 0.182. The van der Waals surface area contributed by atoms with E-state index < -0.39 is 16.0 Å². The number of carbonyl (C=O) groups is 1. The summed E-state index contributed by atoms with van der Waals surface area (Å²) >= 11 is 0. The quantitative estimate of drug-likeness (QED) is 0.756. The van der Waals surface area contributed by atoms with Gasteiger partial charge >= 0.3 is 0 Å². The highest BCUT2D eigenvalue weighted by atomic mass is 32.2. The maximum Gasteiger partial charge on any atom is 0.233 e. The molecule has 0 saturated heterocycles. The Morgan fingerprint density at radius 1 is 1.29 bits per heavy atom. The molecule has 0 heterocycles. The van der Waals surface area contributed by atoms with Gasteiger partial charge in [-0.05, 0) is 11.6 Å². The van der Waals surface area contributed by atoms with E-state index in [-0.39, 0.29) is 13.0 Å². The highest BCUT2D eigenvalue weighted by molar-refractivity contribution is 7.92. The average Bonchev–Trinajstić information content (AvgIpc) is 2.27. The number of aliphatic carboxylic acids is 1. The minimum Gasteiger partial charge on any atom is -0.550 e. The van der Waals surface area contributed by atoms with Crippen molar-refractivity contribution in [2.45, 2.75) is 6.42 Å². The standard InChI is InChI=1S/C11H13NO4S/c13-11(14)6-8-12-17(15,16)9-7-10-4-2-1-3-5-10/h1-5,7,9,12H,6,8H2,(H,13,14)/p-1/b9-7+. The zero-order valence-corrected chi connectivity index (χ0v) is 9.81. The van der Waals surface area contributed by atoms with Gasteiger partial charge in [0.25, 0.3) is 0 Å². The van der Waals surface area contributed by atoms with Gasteiger partial charge in [-0.1, -0.05) is 30.3 Å². The number of nitrogens with one attached hydrogen (secondary N) is 1. The van der Waals surface area contributed by atoms with Crippen LogP contribution in [0.25, 0.3) is 6.08 Å². The van der Waals surface area contributed by atoms with Crippen molar-refractivity contribution in [3.05, 3.63) is 41.3 Å². The second-order valence-electron chi connectivity index (χ2n) is 3.27. The Labute approximate surface area is 99.8 Å². The van der Waals surface area contributed by atoms with E-state index in [4.69, 9.17) is 0 Å². The van der Waals surface area contributed by atoms with Crippen LogP contribution >= 0.6 is 0 Å². The molecular formula is C11H12NO4S-. The number of carboxylic acid groups (broad SMARTS) is 1. The predicted octanol–water partition coefficient (Wildman–Crippen LogP) is -0.283. The van der Waals surface area contributed by atoms with Crippen molar-refractivity contribution in [2.24, 2.45) is 0 Å². The Hall–Kier alpha value is -1.66. The van der Waals surface area contributed by atoms with Crippen LogP contribution in [0.3, 0.4) is 0 Å². The molecule has 0 aliphatic carbocycles. The third kappa shape index (κ3) is 5.84. The summed E-state index contributed by atoms with van der Waals surface area (Å²) < 4.78 is 24.9. The Bertz CT molecular complexity index is 493. The third-order valence-corrected chi connectivity index (χ3v) is 2.97. The fourth-order valence-corrected chi connectivity index (χ4v) is 1.89. The molecule has 0 aliphatic heterocycles. The Balaban J connectivity index is 2.55. The normalized spacial score (nSPS) is 11.8. The summed E-state index contributed by atoms with van der Waals surface area (Å²) in [7, 11) is -3.60. The van der Waals surface area contributed by atoms with Crippen molar-refractivity contribution in [3.8, 4) is 0 Å². The number of carbonyl (C=O) groups excluding carboxylic acids is 1. The molecule has 0 radical (unpaired) electrons. The van der Waals surface area contributed by atoms with E-state index in [0.717, 1.165) is 11.0 Å². The lowest BCUT2D eigenvalue weighted by Gasteiger charge is -2.03. The van der Waals surface area contributed by atoms with Gasteiger partial charge in [-0.25, -0.2) is 13.1 Å². The summed E-state index contributed by atoms with van der Waals surface area (Å²) in [5.41, 5.74) is 0.748. The Kier molecular flexibility index (Phi) is 4.86. The highest BCUT2D eigenvalue weighted by Crippen LogP contribution is 2.02. The molecule has 0 spiro atoms. The molecule has 6 heteroatoms. The van der Waals surface area contributed by atoms with E-state index in [1.807, 2.05) is 6.07 Å². The first-order valence-electron chi connectivity index (χ1n) is 4.92. The van der Waals surface area contributed by atoms with Gasteiger partial charge in [0.1, 0.15) is 0 Å². The van der Waals surface area contributed by atoms with Crippen LogP contribution in [-0.2, 0) is 14.8 Å². The number of sulfonamides is 1. The number of hydrogen-bond donors (Lipinski definition) is 1. The van der Waals surface area contributed by atoms with Gasteiger partial charge in [0, 0.05) is 24.3 Å². The smallest absolute Gasteiger partial charge is 0.233 e. The minimum absolute atomic E-state index is 0.177. The first kappa shape index (κ1) is 13.4. The monoisotopic (exact) mass is 254 g/mol. The Morgan fingerprint density at radius 2 is 1.94 bits per heavy atom. The van der Waals surface area contributed by atoms with Crippen LogP contribution in [0.5, 0.6) is 0 Å². The average molecular weight is 254 g/mol. The van der Waals surface area contributed by atoms with Crippen LogP contribution in [0.4, 0.5) is 0 Å². The van der Waals surface area contributed by atoms with Crippen molar-refractivity contribution in [2.75, 3.05) is 6.54 Å². The summed E-state index contributed by atoms with van der Waals surface area (Å²) in [6, 6.07) is 8.91. The van der Waals surface area contributed by atoms with Gasteiger partial charge in [0.15, 0.2) is 0 Å². The third-order valence-electron chi connectivity index (χ3n) is 1.87. The molecule has 1 rings (SSSR count). The van der Waals surface area contributed by atoms with E-state index >= 15 is 0 Å². The molecule has 0 amide bonds. The van der Waals surface area contributed by atoms with Crippen LogP contribution in [0.2, 0.25) is 0 Å². The van der Waals surface area contributed by atoms with Crippen molar-refractivity contribution in [1.29, 1.82) is 0 Å². The lowest BCUT2D eigenvalue weighted by atomic mass is 10.2. The topological polar surface area (TPSA) is 86.3 Å². The second-order valence-corrected chi connectivity index (χ2v) is 4.93. The molecular weight excluding hydrogens is 242 g/mol. The molecule has 1 N–H and O–H groups in total. The highest BCUT2D eigenvalue weighted by Gasteiger charge is 2.03. The van der Waals surface area contributed by atoms with Crippen LogP contribution in [0, 0.1) is 0 Å². The van der Waals surface area contributed by atoms with Crippen LogP contribution in [-0.4, -0.2) is 20.9 Å². The molecule has 0 unspecified atom stereocenters. The zero-order chi connectivity index (χ0) is 12.7. The molecule has 0 aromatic heterocycles. The number of benzene rings is 1. The number of carboxylic acids is 1. The maximum absolute atomic E-state index is 11.4. The minimum atomic E-state index is -3.60. The maximum atomic E-state index is 11.4. The number of hydrogen-bond acceptors (Lipinski definition) is 4. The van der Waals surface area contributed by atoms with Gasteiger partial charge < -0.3 is 9.90 Å². The SMILES string of the molecule is O=C([O-])CCNS(=O)(=O)/C=C/c1ccccc1. The van der Waals surface area contributed by atoms with Gasteiger partial charge in [0.05, 0.1) is 0 Å². The van der Waals surface area contributed by atoms with Gasteiger partial charge in [-0.15, -0.1) is 0 Å². The predicted molar refractivity (Wildman–Crippen MR) is 62.0 cm³/mol. The van der Waals surface area contributed by atoms with E-state index in [1.54, 1.807) is 24.3 Å². The number of rotatable bonds is 6. The summed E-state index contributed by atoms with van der Waals surface area (Å²) in [5.74, 6) is -1.29. The van der Waals surface area contributed by atoms with Crippen LogP contribution in [0.15, 0.2) is 35.7 Å². The van der Waals surface area contributed by atoms with Crippen molar-refractivity contribution >= 4 is 22.1 Å². The van der Waals surface area contributed by atoms with E-state index in [0.29, 0.717) is 0 Å². The van der Waals surface area contributed by atoms with Crippen LogP contribution < -0.4 is 9.83 Å². The van der Waals surface area contributed by atoms with E-state index in [1.165, 1.54) is 6.08 Å². The summed E-state index contributed by atoms with van der Waals surface area (Å²) in [5, 5.41) is 11.1. The lowest BCUT2D eigenvalue weighted by Crippen LogP contribution is -2.30. The van der Waals surface area contributed by atoms with Gasteiger partial charge in [-0.3, -0.25) is 0 Å². The largest absolute Gasteiger partial charge is 0.550 e. The molecule has 0 saturated carbocycles. The van der Waals surface area contributed by atoms with Crippen molar-refractivity contribution in [3.63, 3.8) is 0 Å². The molecule has 92 valence electrons. The van der Waals surface area contributed by atoms with Crippen LogP contribution in [0.1, 0.15) is 12.0 Å². The Morgan fingerprint density at radius 3 is 2.53 bits per heavy atom. The first-order valence-corrected chi connectivity index (χ1v) is 6.47. The lowest BCUT2D eigenvalue weighted by molar-refractivity contribution is -0.305.